The van der Waals surface area contributed by atoms with Gasteiger partial charge < -0.3 is 4.74 Å². The first-order chi connectivity index (χ1) is 10.1. The van der Waals surface area contributed by atoms with Crippen LogP contribution in [-0.2, 0) is 20.9 Å². The van der Waals surface area contributed by atoms with Gasteiger partial charge in [-0.2, -0.15) is 0 Å². The molecule has 5 heteroatoms. The highest BCUT2D eigenvalue weighted by Crippen LogP contribution is 2.05. The normalized spacial score (nSPS) is 10.2. The number of unbranched alkanes of at least 4 members (excludes halogenated alkanes) is 3. The maximum atomic E-state index is 11.6. The summed E-state index contributed by atoms with van der Waals surface area (Å²) in [5.41, 5.74) is 0.805. The summed E-state index contributed by atoms with van der Waals surface area (Å²) in [6.45, 7) is 1.75. The molecule has 1 N–H and O–H groups in total. The van der Waals surface area contributed by atoms with Crippen LogP contribution < -0.4 is 0 Å². The Morgan fingerprint density at radius 1 is 1.14 bits per heavy atom. The van der Waals surface area contributed by atoms with Crippen molar-refractivity contribution >= 4 is 11.9 Å². The molecular weight excluding hydrogens is 270 g/mol. The highest BCUT2D eigenvalue weighted by atomic mass is 16.6. The fraction of sp³-hybridized carbons (Fsp3) is 0.500. The smallest absolute Gasteiger partial charge is 0.306 e. The maximum absolute atomic E-state index is 11.6. The van der Waals surface area contributed by atoms with Crippen LogP contribution in [0.25, 0.3) is 0 Å². The number of esters is 1. The van der Waals surface area contributed by atoms with Crippen molar-refractivity contribution in [2.45, 2.75) is 45.6 Å². The third-order valence-corrected chi connectivity index (χ3v) is 3.05. The molecule has 0 fully saturated rings. The molecule has 0 spiro atoms. The van der Waals surface area contributed by atoms with Gasteiger partial charge in [-0.1, -0.05) is 56.5 Å². The van der Waals surface area contributed by atoms with E-state index in [1.165, 1.54) is 0 Å². The quantitative estimate of drug-likeness (QED) is 0.329. The molecule has 1 aromatic rings. The first-order valence-electron chi connectivity index (χ1n) is 7.32. The minimum Gasteiger partial charge on any atom is -0.455 e. The van der Waals surface area contributed by atoms with Crippen LogP contribution in [0, 0.1) is 0 Å². The van der Waals surface area contributed by atoms with E-state index in [1.807, 2.05) is 18.2 Å². The molecule has 1 rings (SSSR count). The highest BCUT2D eigenvalue weighted by molar-refractivity contribution is 5.79. The Kier molecular flexibility index (Phi) is 8.12. The van der Waals surface area contributed by atoms with Crippen LogP contribution in [0.3, 0.4) is 0 Å². The molecule has 0 unspecified atom stereocenters. The van der Waals surface area contributed by atoms with Crippen molar-refractivity contribution in [1.82, 2.24) is 5.06 Å². The van der Waals surface area contributed by atoms with Gasteiger partial charge in [0.25, 0.3) is 5.91 Å². The topological polar surface area (TPSA) is 66.8 Å². The Labute approximate surface area is 125 Å². The molecule has 0 atom stereocenters. The number of hydroxylamine groups is 2. The minimum absolute atomic E-state index is 0.0771. The molecule has 0 bridgehead atoms. The summed E-state index contributed by atoms with van der Waals surface area (Å²) in [5.74, 6) is -1.02. The monoisotopic (exact) mass is 293 g/mol. The zero-order valence-corrected chi connectivity index (χ0v) is 12.5. The number of benzene rings is 1. The molecule has 0 radical (unpaired) electrons. The number of hydrogen-bond donors (Lipinski definition) is 1. The lowest BCUT2D eigenvalue weighted by Gasteiger charge is -2.15. The van der Waals surface area contributed by atoms with Crippen LogP contribution >= 0.6 is 0 Å². The number of rotatable bonds is 9. The number of amides is 1. The van der Waals surface area contributed by atoms with E-state index in [9.17, 15) is 14.8 Å². The molecule has 0 saturated heterocycles. The van der Waals surface area contributed by atoms with Gasteiger partial charge in [-0.05, 0) is 12.0 Å². The van der Waals surface area contributed by atoms with Gasteiger partial charge in [0.1, 0.15) is 0 Å². The average Bonchev–Trinajstić information content (AvgIpc) is 2.50. The van der Waals surface area contributed by atoms with Gasteiger partial charge >= 0.3 is 5.97 Å². The third-order valence-electron chi connectivity index (χ3n) is 3.05. The lowest BCUT2D eigenvalue weighted by atomic mass is 10.2. The molecule has 116 valence electrons. The summed E-state index contributed by atoms with van der Waals surface area (Å²) in [6, 6.07) is 9.10. The number of ether oxygens (including phenoxy) is 1. The summed E-state index contributed by atoms with van der Waals surface area (Å²) < 4.78 is 4.85. The summed E-state index contributed by atoms with van der Waals surface area (Å²) in [6.07, 6.45) is 4.27. The fourth-order valence-corrected chi connectivity index (χ4v) is 1.83. The van der Waals surface area contributed by atoms with E-state index in [0.717, 1.165) is 31.2 Å². The van der Waals surface area contributed by atoms with Gasteiger partial charge in [0.15, 0.2) is 6.61 Å². The Hall–Kier alpha value is -1.88. The van der Waals surface area contributed by atoms with Gasteiger partial charge in [0.2, 0.25) is 0 Å². The standard InChI is InChI=1S/C16H23NO4/c1-2-3-4-8-11-16(19)21-13-15(18)17(20)12-14-9-6-5-7-10-14/h5-7,9-10,20H,2-4,8,11-13H2,1H3. The van der Waals surface area contributed by atoms with Gasteiger partial charge in [-0.15, -0.1) is 0 Å². The Morgan fingerprint density at radius 2 is 1.86 bits per heavy atom. The second-order valence-corrected chi connectivity index (χ2v) is 4.91. The second kappa shape index (κ2) is 9.94. The van der Waals surface area contributed by atoms with Crippen molar-refractivity contribution in [2.24, 2.45) is 0 Å². The zero-order valence-electron chi connectivity index (χ0n) is 12.5. The molecule has 0 aliphatic rings. The van der Waals surface area contributed by atoms with Crippen molar-refractivity contribution in [2.75, 3.05) is 6.61 Å². The zero-order chi connectivity index (χ0) is 15.5. The van der Waals surface area contributed by atoms with E-state index >= 15 is 0 Å². The van der Waals surface area contributed by atoms with Crippen LogP contribution in [-0.4, -0.2) is 28.8 Å². The van der Waals surface area contributed by atoms with E-state index in [1.54, 1.807) is 12.1 Å². The molecule has 1 amide bonds. The van der Waals surface area contributed by atoms with Crippen LogP contribution in [0.15, 0.2) is 30.3 Å². The number of nitrogens with zero attached hydrogens (tertiary/aromatic N) is 1. The summed E-state index contributed by atoms with van der Waals surface area (Å²) >= 11 is 0. The van der Waals surface area contributed by atoms with E-state index in [-0.39, 0.29) is 6.54 Å². The van der Waals surface area contributed by atoms with Gasteiger partial charge in [-0.3, -0.25) is 14.8 Å². The molecular formula is C16H23NO4. The summed E-state index contributed by atoms with van der Waals surface area (Å²) in [7, 11) is 0. The summed E-state index contributed by atoms with van der Waals surface area (Å²) in [4.78, 5) is 23.0. The van der Waals surface area contributed by atoms with Gasteiger partial charge in [0.05, 0.1) is 6.54 Å². The van der Waals surface area contributed by atoms with E-state index in [0.29, 0.717) is 11.5 Å². The van der Waals surface area contributed by atoms with E-state index in [4.69, 9.17) is 4.74 Å². The van der Waals surface area contributed by atoms with Gasteiger partial charge in [0, 0.05) is 6.42 Å². The van der Waals surface area contributed by atoms with Crippen molar-refractivity contribution in [3.8, 4) is 0 Å². The van der Waals surface area contributed by atoms with Crippen molar-refractivity contribution < 1.29 is 19.5 Å². The predicted molar refractivity (Wildman–Crippen MR) is 78.5 cm³/mol. The predicted octanol–water partition coefficient (Wildman–Crippen LogP) is 2.92. The van der Waals surface area contributed by atoms with Crippen LogP contribution in [0.2, 0.25) is 0 Å². The molecule has 0 aliphatic carbocycles. The minimum atomic E-state index is -0.624. The van der Waals surface area contributed by atoms with E-state index < -0.39 is 18.5 Å². The Balaban J connectivity index is 2.22. The largest absolute Gasteiger partial charge is 0.455 e. The van der Waals surface area contributed by atoms with Crippen LogP contribution in [0.5, 0.6) is 0 Å². The SMILES string of the molecule is CCCCCCC(=O)OCC(=O)N(O)Cc1ccccc1. The lowest BCUT2D eigenvalue weighted by molar-refractivity contribution is -0.176. The van der Waals surface area contributed by atoms with Crippen LogP contribution in [0.1, 0.15) is 44.6 Å². The van der Waals surface area contributed by atoms with Gasteiger partial charge in [-0.25, -0.2) is 5.06 Å². The average molecular weight is 293 g/mol. The molecule has 0 aliphatic heterocycles. The van der Waals surface area contributed by atoms with Crippen molar-refractivity contribution in [3.63, 3.8) is 0 Å². The second-order valence-electron chi connectivity index (χ2n) is 4.91. The molecule has 0 aromatic heterocycles. The number of hydrogen-bond acceptors (Lipinski definition) is 4. The van der Waals surface area contributed by atoms with Crippen molar-refractivity contribution in [3.05, 3.63) is 35.9 Å². The fourth-order valence-electron chi connectivity index (χ4n) is 1.83. The molecule has 0 heterocycles. The van der Waals surface area contributed by atoms with Crippen molar-refractivity contribution in [1.29, 1.82) is 0 Å². The first-order valence-corrected chi connectivity index (χ1v) is 7.32. The molecule has 5 nitrogen and oxygen atoms in total. The first kappa shape index (κ1) is 17.2. The highest BCUT2D eigenvalue weighted by Gasteiger charge is 2.14. The lowest BCUT2D eigenvalue weighted by Crippen LogP contribution is -2.31. The maximum Gasteiger partial charge on any atom is 0.306 e. The third kappa shape index (κ3) is 7.46. The molecule has 1 aromatic carbocycles. The molecule has 21 heavy (non-hydrogen) atoms. The number of carbonyl (C=O) groups is 2. The summed E-state index contributed by atoms with van der Waals surface area (Å²) in [5, 5.41) is 10.2. The van der Waals surface area contributed by atoms with E-state index in [2.05, 4.69) is 6.92 Å². The Morgan fingerprint density at radius 3 is 2.52 bits per heavy atom. The Bertz CT molecular complexity index is 433. The number of carbonyl (C=O) groups excluding carboxylic acids is 2. The molecule has 0 saturated carbocycles. The van der Waals surface area contributed by atoms with Crippen LogP contribution in [0.4, 0.5) is 0 Å².